The highest BCUT2D eigenvalue weighted by atomic mass is 79.9. The molecule has 0 aliphatic carbocycles. The molecule has 1 amide bonds. The lowest BCUT2D eigenvalue weighted by atomic mass is 10.3. The molecule has 0 unspecified atom stereocenters. The summed E-state index contributed by atoms with van der Waals surface area (Å²) in [6.07, 6.45) is 0. The zero-order valence-electron chi connectivity index (χ0n) is 10.2. The monoisotopic (exact) mass is 373 g/mol. The van der Waals surface area contributed by atoms with E-state index in [1.54, 1.807) is 42.5 Å². The molecule has 0 fully saturated rings. The molecular weight excluding hydrogens is 365 g/mol. The molecule has 0 heterocycles. The Hall–Kier alpha value is -1.23. The summed E-state index contributed by atoms with van der Waals surface area (Å²) in [4.78, 5) is 11.7. The summed E-state index contributed by atoms with van der Waals surface area (Å²) < 4.78 is 6.06. The zero-order valence-corrected chi connectivity index (χ0v) is 13.3. The topological polar surface area (TPSA) is 38.3 Å². The second-order valence-corrected chi connectivity index (χ2v) is 5.62. The number of amides is 1. The molecule has 2 rings (SSSR count). The van der Waals surface area contributed by atoms with E-state index < -0.39 is 0 Å². The second kappa shape index (κ2) is 6.97. The molecule has 2 aromatic carbocycles. The van der Waals surface area contributed by atoms with Crippen LogP contribution in [0, 0.1) is 0 Å². The Balaban J connectivity index is 1.89. The van der Waals surface area contributed by atoms with E-state index in [-0.39, 0.29) is 12.5 Å². The Morgan fingerprint density at radius 3 is 2.50 bits per heavy atom. The number of rotatable bonds is 4. The van der Waals surface area contributed by atoms with E-state index in [2.05, 4.69) is 21.2 Å². The van der Waals surface area contributed by atoms with Gasteiger partial charge in [-0.05, 0) is 58.4 Å². The number of halogens is 3. The Labute approximate surface area is 135 Å². The van der Waals surface area contributed by atoms with Crippen LogP contribution in [0.15, 0.2) is 46.9 Å². The first-order valence-corrected chi connectivity index (χ1v) is 7.23. The van der Waals surface area contributed by atoms with Crippen molar-refractivity contribution in [2.45, 2.75) is 0 Å². The van der Waals surface area contributed by atoms with Crippen molar-refractivity contribution in [2.75, 3.05) is 11.9 Å². The average molecular weight is 375 g/mol. The van der Waals surface area contributed by atoms with E-state index in [1.165, 1.54) is 0 Å². The van der Waals surface area contributed by atoms with Crippen LogP contribution in [0.25, 0.3) is 0 Å². The molecule has 0 atom stereocenters. The molecule has 3 nitrogen and oxygen atoms in total. The number of carbonyl (C=O) groups is 1. The van der Waals surface area contributed by atoms with Crippen LogP contribution in [0.4, 0.5) is 5.69 Å². The average Bonchev–Trinajstić information content (AvgIpc) is 2.42. The van der Waals surface area contributed by atoms with Crippen molar-refractivity contribution < 1.29 is 9.53 Å². The van der Waals surface area contributed by atoms with Gasteiger partial charge in [0.2, 0.25) is 0 Å². The van der Waals surface area contributed by atoms with Gasteiger partial charge in [0, 0.05) is 15.2 Å². The fourth-order valence-corrected chi connectivity index (χ4v) is 2.07. The minimum Gasteiger partial charge on any atom is -0.484 e. The van der Waals surface area contributed by atoms with Gasteiger partial charge in [-0.2, -0.15) is 0 Å². The van der Waals surface area contributed by atoms with Crippen LogP contribution in [0.5, 0.6) is 5.75 Å². The predicted octanol–water partition coefficient (Wildman–Crippen LogP) is 4.77. The third kappa shape index (κ3) is 4.40. The third-order valence-corrected chi connectivity index (χ3v) is 3.85. The highest BCUT2D eigenvalue weighted by Gasteiger charge is 2.05. The first-order chi connectivity index (χ1) is 9.54. The lowest BCUT2D eigenvalue weighted by Crippen LogP contribution is -2.20. The van der Waals surface area contributed by atoms with Crippen molar-refractivity contribution in [1.29, 1.82) is 0 Å². The van der Waals surface area contributed by atoms with E-state index in [9.17, 15) is 4.79 Å². The number of ether oxygens (including phenoxy) is 1. The standard InChI is InChI=1S/C14H10BrCl2NO2/c15-12-7-10(3-6-13(12)17)18-14(19)8-20-11-4-1-9(16)2-5-11/h1-7H,8H2,(H,18,19). The van der Waals surface area contributed by atoms with Crippen molar-refractivity contribution in [3.63, 3.8) is 0 Å². The van der Waals surface area contributed by atoms with Crippen LogP contribution in [0.3, 0.4) is 0 Å². The third-order valence-electron chi connectivity index (χ3n) is 2.39. The van der Waals surface area contributed by atoms with Gasteiger partial charge in [0.15, 0.2) is 6.61 Å². The highest BCUT2D eigenvalue weighted by Crippen LogP contribution is 2.25. The lowest BCUT2D eigenvalue weighted by Gasteiger charge is -2.08. The smallest absolute Gasteiger partial charge is 0.262 e. The van der Waals surface area contributed by atoms with Crippen molar-refractivity contribution in [3.05, 3.63) is 57.0 Å². The van der Waals surface area contributed by atoms with E-state index in [4.69, 9.17) is 27.9 Å². The van der Waals surface area contributed by atoms with Gasteiger partial charge in [0.1, 0.15) is 5.75 Å². The Kier molecular flexibility index (Phi) is 5.29. The number of nitrogens with one attached hydrogen (secondary N) is 1. The number of anilines is 1. The van der Waals surface area contributed by atoms with E-state index in [0.717, 1.165) is 4.47 Å². The Morgan fingerprint density at radius 1 is 1.15 bits per heavy atom. The summed E-state index contributed by atoms with van der Waals surface area (Å²) in [5.41, 5.74) is 0.644. The maximum Gasteiger partial charge on any atom is 0.262 e. The minimum absolute atomic E-state index is 0.0815. The number of carbonyl (C=O) groups excluding carboxylic acids is 1. The largest absolute Gasteiger partial charge is 0.484 e. The van der Waals surface area contributed by atoms with Crippen LogP contribution in [0.1, 0.15) is 0 Å². The normalized spacial score (nSPS) is 10.2. The van der Waals surface area contributed by atoms with E-state index in [1.807, 2.05) is 0 Å². The number of hydrogen-bond donors (Lipinski definition) is 1. The van der Waals surface area contributed by atoms with Gasteiger partial charge in [-0.3, -0.25) is 4.79 Å². The SMILES string of the molecule is O=C(COc1ccc(Cl)cc1)Nc1ccc(Cl)c(Br)c1. The molecule has 0 bridgehead atoms. The van der Waals surface area contributed by atoms with Gasteiger partial charge in [-0.25, -0.2) is 0 Å². The summed E-state index contributed by atoms with van der Waals surface area (Å²) in [5.74, 6) is 0.330. The van der Waals surface area contributed by atoms with Crippen molar-refractivity contribution in [1.82, 2.24) is 0 Å². The molecule has 20 heavy (non-hydrogen) atoms. The predicted molar refractivity (Wildman–Crippen MR) is 84.7 cm³/mol. The number of benzene rings is 2. The number of hydrogen-bond acceptors (Lipinski definition) is 2. The van der Waals surface area contributed by atoms with E-state index >= 15 is 0 Å². The van der Waals surface area contributed by atoms with Crippen LogP contribution in [-0.4, -0.2) is 12.5 Å². The Bertz CT molecular complexity index is 617. The van der Waals surface area contributed by atoms with Crippen molar-refractivity contribution in [3.8, 4) is 5.75 Å². The van der Waals surface area contributed by atoms with Crippen LogP contribution >= 0.6 is 39.1 Å². The van der Waals surface area contributed by atoms with Gasteiger partial charge in [-0.1, -0.05) is 23.2 Å². The molecule has 104 valence electrons. The summed E-state index contributed by atoms with van der Waals surface area (Å²) in [6, 6.07) is 11.9. The summed E-state index contributed by atoms with van der Waals surface area (Å²) in [5, 5.41) is 3.92. The summed E-state index contributed by atoms with van der Waals surface area (Å²) >= 11 is 14.9. The molecule has 0 aliphatic rings. The van der Waals surface area contributed by atoms with Gasteiger partial charge < -0.3 is 10.1 Å². The molecule has 0 aromatic heterocycles. The molecule has 0 saturated heterocycles. The molecule has 2 aromatic rings. The molecule has 6 heteroatoms. The van der Waals surface area contributed by atoms with Gasteiger partial charge in [0.05, 0.1) is 5.02 Å². The minimum atomic E-state index is -0.255. The van der Waals surface area contributed by atoms with Gasteiger partial charge in [-0.15, -0.1) is 0 Å². The van der Waals surface area contributed by atoms with E-state index in [0.29, 0.717) is 21.5 Å². The maximum atomic E-state index is 11.7. The maximum absolute atomic E-state index is 11.7. The second-order valence-electron chi connectivity index (χ2n) is 3.92. The fraction of sp³-hybridized carbons (Fsp3) is 0.0714. The molecule has 1 N–H and O–H groups in total. The molecule has 0 radical (unpaired) electrons. The first-order valence-electron chi connectivity index (χ1n) is 5.68. The molecule has 0 spiro atoms. The van der Waals surface area contributed by atoms with Crippen LogP contribution < -0.4 is 10.1 Å². The summed E-state index contributed by atoms with van der Waals surface area (Å²) in [6.45, 7) is -0.0815. The van der Waals surface area contributed by atoms with Crippen LogP contribution in [-0.2, 0) is 4.79 Å². The quantitative estimate of drug-likeness (QED) is 0.836. The van der Waals surface area contributed by atoms with Crippen molar-refractivity contribution >= 4 is 50.7 Å². The molecular formula is C14H10BrCl2NO2. The van der Waals surface area contributed by atoms with Gasteiger partial charge >= 0.3 is 0 Å². The van der Waals surface area contributed by atoms with Crippen LogP contribution in [0.2, 0.25) is 10.0 Å². The van der Waals surface area contributed by atoms with Gasteiger partial charge in [0.25, 0.3) is 5.91 Å². The molecule has 0 saturated carbocycles. The highest BCUT2D eigenvalue weighted by molar-refractivity contribution is 9.10. The van der Waals surface area contributed by atoms with Crippen molar-refractivity contribution in [2.24, 2.45) is 0 Å². The summed E-state index contributed by atoms with van der Waals surface area (Å²) in [7, 11) is 0. The fourth-order valence-electron chi connectivity index (χ4n) is 1.45. The zero-order chi connectivity index (χ0) is 14.5. The first kappa shape index (κ1) is 15.2. The lowest BCUT2D eigenvalue weighted by molar-refractivity contribution is -0.118. The molecule has 0 aliphatic heterocycles. The Morgan fingerprint density at radius 2 is 1.85 bits per heavy atom.